The van der Waals surface area contributed by atoms with Gasteiger partial charge >= 0.3 is 12.1 Å². The normalized spacial score (nSPS) is 23.5. The topological polar surface area (TPSA) is 134 Å². The summed E-state index contributed by atoms with van der Waals surface area (Å²) in [5.74, 6) is -1.67. The Kier molecular flexibility index (Phi) is 10.1. The van der Waals surface area contributed by atoms with Gasteiger partial charge in [-0.2, -0.15) is 0 Å². The first-order valence-corrected chi connectivity index (χ1v) is 11.9. The zero-order chi connectivity index (χ0) is 25.0. The number of rotatable bonds is 6. The third-order valence-corrected chi connectivity index (χ3v) is 6.09. The lowest BCUT2D eigenvalue weighted by Gasteiger charge is -2.25. The molecule has 1 saturated heterocycles. The van der Waals surface area contributed by atoms with Crippen LogP contribution in [-0.4, -0.2) is 72.3 Å². The summed E-state index contributed by atoms with van der Waals surface area (Å²) in [7, 11) is 0. The molecule has 3 rings (SSSR count). The van der Waals surface area contributed by atoms with E-state index >= 15 is 0 Å². The van der Waals surface area contributed by atoms with Gasteiger partial charge in [0.25, 0.3) is 0 Å². The van der Waals surface area contributed by atoms with Crippen molar-refractivity contribution in [3.8, 4) is 0 Å². The molecule has 0 radical (unpaired) electrons. The highest BCUT2D eigenvalue weighted by Gasteiger charge is 2.31. The lowest BCUT2D eigenvalue weighted by atomic mass is 9.98. The minimum absolute atomic E-state index is 0.0277. The molecule has 3 atom stereocenters. The van der Waals surface area contributed by atoms with E-state index in [2.05, 4.69) is 10.6 Å². The molecule has 0 aliphatic carbocycles. The smallest absolute Gasteiger partial charge is 0.408 e. The van der Waals surface area contributed by atoms with Gasteiger partial charge in [0.15, 0.2) is 0 Å². The fourth-order valence-corrected chi connectivity index (χ4v) is 4.15. The van der Waals surface area contributed by atoms with Gasteiger partial charge in [-0.1, -0.05) is 42.5 Å². The Bertz CT molecular complexity index is 906. The van der Waals surface area contributed by atoms with Gasteiger partial charge in [0.1, 0.15) is 19.3 Å². The highest BCUT2D eigenvalue weighted by molar-refractivity contribution is 5.86. The minimum atomic E-state index is -0.945. The number of nitrogens with zero attached hydrogens (tertiary/aromatic N) is 1. The van der Waals surface area contributed by atoms with Crippen LogP contribution >= 0.6 is 0 Å². The standard InChI is InChI=1S/C25H33N3O7/c29-16-20-10-6-13-28(20)22(30)15-19-9-4-5-11-21(24(32)34-14-12-26-23(19)31)27-25(33)35-17-18-7-2-1-3-8-18/h1-5,7-8,19-21,29H,6,9-17H2,(H,26,31)(H,27,33). The number of likely N-dealkylation sites (tertiary alicyclic amines) is 1. The quantitative estimate of drug-likeness (QED) is 0.406. The molecule has 190 valence electrons. The van der Waals surface area contributed by atoms with Crippen LogP contribution in [0, 0.1) is 5.92 Å². The van der Waals surface area contributed by atoms with Crippen LogP contribution in [0.15, 0.2) is 42.5 Å². The maximum atomic E-state index is 12.8. The number of cyclic esters (lactones) is 1. The number of nitrogens with one attached hydrogen (secondary N) is 2. The molecule has 0 saturated carbocycles. The van der Waals surface area contributed by atoms with E-state index in [0.717, 1.165) is 18.4 Å². The number of allylic oxidation sites excluding steroid dienone is 1. The second kappa shape index (κ2) is 13.5. The van der Waals surface area contributed by atoms with Crippen molar-refractivity contribution in [2.45, 2.75) is 50.8 Å². The highest BCUT2D eigenvalue weighted by atomic mass is 16.6. The van der Waals surface area contributed by atoms with Crippen molar-refractivity contribution in [2.24, 2.45) is 5.92 Å². The van der Waals surface area contributed by atoms with Crippen LogP contribution in [0.4, 0.5) is 4.79 Å². The first kappa shape index (κ1) is 26.2. The maximum absolute atomic E-state index is 12.8. The Balaban J connectivity index is 1.57. The zero-order valence-electron chi connectivity index (χ0n) is 19.7. The predicted molar refractivity (Wildman–Crippen MR) is 126 cm³/mol. The average Bonchev–Trinajstić information content (AvgIpc) is 3.35. The summed E-state index contributed by atoms with van der Waals surface area (Å²) in [5, 5.41) is 14.7. The lowest BCUT2D eigenvalue weighted by Crippen LogP contribution is -2.43. The average molecular weight is 488 g/mol. The minimum Gasteiger partial charge on any atom is -0.462 e. The van der Waals surface area contributed by atoms with E-state index < -0.39 is 24.0 Å². The van der Waals surface area contributed by atoms with E-state index in [1.807, 2.05) is 30.3 Å². The maximum Gasteiger partial charge on any atom is 0.408 e. The van der Waals surface area contributed by atoms with Crippen LogP contribution < -0.4 is 10.6 Å². The number of ether oxygens (including phenoxy) is 2. The van der Waals surface area contributed by atoms with Gasteiger partial charge in [0.05, 0.1) is 25.1 Å². The van der Waals surface area contributed by atoms with Crippen molar-refractivity contribution >= 4 is 23.9 Å². The van der Waals surface area contributed by atoms with Crippen molar-refractivity contribution in [1.82, 2.24) is 15.5 Å². The van der Waals surface area contributed by atoms with E-state index in [1.165, 1.54) is 0 Å². The van der Waals surface area contributed by atoms with E-state index in [0.29, 0.717) is 13.0 Å². The van der Waals surface area contributed by atoms with Crippen molar-refractivity contribution < 1.29 is 33.8 Å². The number of esters is 1. The van der Waals surface area contributed by atoms with Crippen LogP contribution in [0.2, 0.25) is 0 Å². The zero-order valence-corrected chi connectivity index (χ0v) is 19.7. The second-order valence-corrected chi connectivity index (χ2v) is 8.63. The van der Waals surface area contributed by atoms with Crippen LogP contribution in [0.1, 0.15) is 37.7 Å². The number of amides is 3. The monoisotopic (exact) mass is 487 g/mol. The molecule has 0 spiro atoms. The second-order valence-electron chi connectivity index (χ2n) is 8.63. The first-order valence-electron chi connectivity index (χ1n) is 11.9. The van der Waals surface area contributed by atoms with Crippen LogP contribution in [0.3, 0.4) is 0 Å². The highest BCUT2D eigenvalue weighted by Crippen LogP contribution is 2.21. The number of alkyl carbamates (subject to hydrolysis) is 1. The van der Waals surface area contributed by atoms with Crippen LogP contribution in [-0.2, 0) is 30.5 Å². The predicted octanol–water partition coefficient (Wildman–Crippen LogP) is 1.28. The third-order valence-electron chi connectivity index (χ3n) is 6.09. The summed E-state index contributed by atoms with van der Waals surface area (Å²) in [4.78, 5) is 51.7. The summed E-state index contributed by atoms with van der Waals surface area (Å²) in [5.41, 5.74) is 0.819. The largest absolute Gasteiger partial charge is 0.462 e. The number of carbonyl (C=O) groups is 4. The van der Waals surface area contributed by atoms with Gasteiger partial charge in [-0.3, -0.25) is 9.59 Å². The number of carbonyl (C=O) groups excluding carboxylic acids is 4. The molecule has 2 aliphatic rings. The van der Waals surface area contributed by atoms with E-state index in [9.17, 15) is 24.3 Å². The number of hydrogen-bond acceptors (Lipinski definition) is 7. The van der Waals surface area contributed by atoms with Crippen molar-refractivity contribution in [2.75, 3.05) is 26.3 Å². The molecular weight excluding hydrogens is 454 g/mol. The Labute approximate surface area is 204 Å². The molecule has 1 aromatic carbocycles. The summed E-state index contributed by atoms with van der Waals surface area (Å²) in [6, 6.07) is 8.03. The van der Waals surface area contributed by atoms with Gasteiger partial charge in [-0.25, -0.2) is 9.59 Å². The molecule has 0 bridgehead atoms. The van der Waals surface area contributed by atoms with Crippen LogP contribution in [0.25, 0.3) is 0 Å². The Morgan fingerprint density at radius 1 is 1.17 bits per heavy atom. The van der Waals surface area contributed by atoms with Gasteiger partial charge in [-0.15, -0.1) is 0 Å². The molecule has 3 unspecified atom stereocenters. The molecule has 35 heavy (non-hydrogen) atoms. The molecular formula is C25H33N3O7. The molecule has 2 aliphatic heterocycles. The van der Waals surface area contributed by atoms with Gasteiger partial charge in [0, 0.05) is 13.0 Å². The van der Waals surface area contributed by atoms with Crippen molar-refractivity contribution in [1.29, 1.82) is 0 Å². The summed E-state index contributed by atoms with van der Waals surface area (Å²) in [6.07, 6.45) is 4.74. The van der Waals surface area contributed by atoms with E-state index in [4.69, 9.17) is 9.47 Å². The fourth-order valence-electron chi connectivity index (χ4n) is 4.15. The first-order chi connectivity index (χ1) is 17.0. The van der Waals surface area contributed by atoms with E-state index in [1.54, 1.807) is 17.1 Å². The SMILES string of the molecule is O=C(NC1CC=CCC(CC(=O)N2CCCC2CO)C(=O)NCCOC1=O)OCc1ccccc1. The van der Waals surface area contributed by atoms with Crippen molar-refractivity contribution in [3.05, 3.63) is 48.0 Å². The number of aliphatic hydroxyl groups excluding tert-OH is 1. The molecule has 2 heterocycles. The number of aliphatic hydroxyl groups is 1. The lowest BCUT2D eigenvalue weighted by molar-refractivity contribution is -0.146. The molecule has 1 aromatic rings. The molecule has 3 amide bonds. The Morgan fingerprint density at radius 3 is 2.71 bits per heavy atom. The molecule has 3 N–H and O–H groups in total. The number of hydrogen-bond donors (Lipinski definition) is 3. The Morgan fingerprint density at radius 2 is 1.94 bits per heavy atom. The molecule has 1 fully saturated rings. The molecule has 10 heteroatoms. The fraction of sp³-hybridized carbons (Fsp3) is 0.520. The Hall–Kier alpha value is -3.40. The third kappa shape index (κ3) is 8.10. The van der Waals surface area contributed by atoms with Gasteiger partial charge < -0.3 is 30.1 Å². The van der Waals surface area contributed by atoms with Gasteiger partial charge in [0.2, 0.25) is 11.8 Å². The van der Waals surface area contributed by atoms with Gasteiger partial charge in [-0.05, 0) is 31.2 Å². The van der Waals surface area contributed by atoms with Crippen LogP contribution in [0.5, 0.6) is 0 Å². The molecule has 0 aromatic heterocycles. The number of benzene rings is 1. The molecule has 10 nitrogen and oxygen atoms in total. The van der Waals surface area contributed by atoms with Crippen molar-refractivity contribution in [3.63, 3.8) is 0 Å². The summed E-state index contributed by atoms with van der Waals surface area (Å²) >= 11 is 0. The summed E-state index contributed by atoms with van der Waals surface area (Å²) in [6.45, 7) is 0.589. The van der Waals surface area contributed by atoms with E-state index in [-0.39, 0.29) is 57.1 Å². The summed E-state index contributed by atoms with van der Waals surface area (Å²) < 4.78 is 10.4.